The van der Waals surface area contributed by atoms with Gasteiger partial charge in [-0.3, -0.25) is 14.4 Å². The highest BCUT2D eigenvalue weighted by Crippen LogP contribution is 2.49. The molecule has 0 amide bonds. The number of hydrogen-bond acceptors (Lipinski definition) is 4. The van der Waals surface area contributed by atoms with Gasteiger partial charge in [-0.25, -0.2) is 0 Å². The molecule has 0 bridgehead atoms. The van der Waals surface area contributed by atoms with Crippen molar-refractivity contribution in [3.63, 3.8) is 0 Å². The van der Waals surface area contributed by atoms with Gasteiger partial charge in [0.05, 0.1) is 5.41 Å². The topological polar surface area (TPSA) is 60.4 Å². The van der Waals surface area contributed by atoms with E-state index in [0.717, 1.165) is 10.0 Å². The van der Waals surface area contributed by atoms with Crippen molar-refractivity contribution >= 4 is 33.5 Å². The molecule has 1 aliphatic heterocycles. The molecule has 1 heterocycles. The van der Waals surface area contributed by atoms with Gasteiger partial charge in [0.2, 0.25) is 0 Å². The summed E-state index contributed by atoms with van der Waals surface area (Å²) in [6, 6.07) is 16.1. The number of Topliss-reactive ketones (excluding diaryl/α,β-unsaturated/α-hetero) is 2. The molecule has 1 saturated heterocycles. The van der Waals surface area contributed by atoms with Gasteiger partial charge in [-0.2, -0.15) is 0 Å². The third-order valence-corrected chi connectivity index (χ3v) is 5.73. The number of esters is 1. The Morgan fingerprint density at radius 3 is 2.19 bits per heavy atom. The van der Waals surface area contributed by atoms with Crippen molar-refractivity contribution in [3.05, 3.63) is 70.2 Å². The van der Waals surface area contributed by atoms with Crippen LogP contribution in [0.4, 0.5) is 0 Å². The molecule has 4 nitrogen and oxygen atoms in total. The Labute approximate surface area is 167 Å². The highest BCUT2D eigenvalue weighted by Gasteiger charge is 2.58. The number of cyclic esters (lactones) is 1. The molecule has 0 unspecified atom stereocenters. The fraction of sp³-hybridized carbons (Fsp3) is 0.318. The average molecular weight is 429 g/mol. The molecule has 1 fully saturated rings. The van der Waals surface area contributed by atoms with Gasteiger partial charge in [-0.05, 0) is 38.5 Å². The first-order valence-corrected chi connectivity index (χ1v) is 9.55. The van der Waals surface area contributed by atoms with Crippen LogP contribution >= 0.6 is 15.9 Å². The minimum Gasteiger partial charge on any atom is -0.456 e. The Kier molecular flexibility index (Phi) is 5.08. The number of carbonyl (C=O) groups is 3. The van der Waals surface area contributed by atoms with Gasteiger partial charge < -0.3 is 4.74 Å². The zero-order valence-electron chi connectivity index (χ0n) is 15.5. The Morgan fingerprint density at radius 2 is 1.59 bits per heavy atom. The van der Waals surface area contributed by atoms with Crippen LogP contribution in [0.1, 0.15) is 49.2 Å². The van der Waals surface area contributed by atoms with Crippen LogP contribution in [-0.4, -0.2) is 17.5 Å². The van der Waals surface area contributed by atoms with E-state index in [9.17, 15) is 14.4 Å². The Morgan fingerprint density at radius 1 is 1.00 bits per heavy atom. The smallest absolute Gasteiger partial charge is 0.320 e. The van der Waals surface area contributed by atoms with Gasteiger partial charge in [0, 0.05) is 16.5 Å². The first kappa shape index (κ1) is 19.5. The highest BCUT2D eigenvalue weighted by molar-refractivity contribution is 9.10. The Balaban J connectivity index is 1.90. The lowest BCUT2D eigenvalue weighted by Gasteiger charge is -2.44. The summed E-state index contributed by atoms with van der Waals surface area (Å²) in [6.45, 7) is 5.04. The fourth-order valence-electron chi connectivity index (χ4n) is 3.63. The normalized spacial score (nSPS) is 24.4. The summed E-state index contributed by atoms with van der Waals surface area (Å²) in [5.41, 5.74) is -1.21. The summed E-state index contributed by atoms with van der Waals surface area (Å²) in [4.78, 5) is 38.8. The van der Waals surface area contributed by atoms with Crippen molar-refractivity contribution in [2.45, 2.75) is 33.3 Å². The molecule has 27 heavy (non-hydrogen) atoms. The van der Waals surface area contributed by atoms with E-state index in [1.54, 1.807) is 38.1 Å². The standard InChI is InChI=1S/C22H21BrO4/c1-21(2)18(15-7-5-4-6-8-15)27-20(26)22(3,19(21)25)13-17(24)14-9-11-16(23)12-10-14/h4-12,18H,13H2,1-3H3/t18-,22-/m0/s1. The van der Waals surface area contributed by atoms with Gasteiger partial charge in [-0.1, -0.05) is 58.4 Å². The monoisotopic (exact) mass is 428 g/mol. The zero-order valence-corrected chi connectivity index (χ0v) is 17.1. The zero-order chi connectivity index (χ0) is 19.8. The average Bonchev–Trinajstić information content (AvgIpc) is 2.65. The minimum atomic E-state index is -1.50. The number of benzene rings is 2. The molecule has 0 N–H and O–H groups in total. The van der Waals surface area contributed by atoms with Gasteiger partial charge in [-0.15, -0.1) is 0 Å². The number of halogens is 1. The predicted molar refractivity (Wildman–Crippen MR) is 105 cm³/mol. The van der Waals surface area contributed by atoms with E-state index in [4.69, 9.17) is 4.74 Å². The van der Waals surface area contributed by atoms with Crippen LogP contribution in [0, 0.1) is 10.8 Å². The van der Waals surface area contributed by atoms with Gasteiger partial charge in [0.1, 0.15) is 11.5 Å². The second-order valence-electron chi connectivity index (χ2n) is 7.69. The number of ketones is 2. The van der Waals surface area contributed by atoms with Crippen LogP contribution in [0.5, 0.6) is 0 Å². The summed E-state index contributed by atoms with van der Waals surface area (Å²) < 4.78 is 6.56. The Bertz CT molecular complexity index is 886. The van der Waals surface area contributed by atoms with Crippen LogP contribution in [-0.2, 0) is 14.3 Å². The summed E-state index contributed by atoms with van der Waals surface area (Å²) in [5.74, 6) is -1.18. The first-order chi connectivity index (χ1) is 12.7. The molecular weight excluding hydrogens is 408 g/mol. The van der Waals surface area contributed by atoms with E-state index in [-0.39, 0.29) is 18.0 Å². The van der Waals surface area contributed by atoms with E-state index in [1.165, 1.54) is 6.92 Å². The first-order valence-electron chi connectivity index (χ1n) is 8.76. The van der Waals surface area contributed by atoms with Crippen LogP contribution < -0.4 is 0 Å². The maximum Gasteiger partial charge on any atom is 0.320 e. The third-order valence-electron chi connectivity index (χ3n) is 5.20. The van der Waals surface area contributed by atoms with E-state index in [2.05, 4.69) is 15.9 Å². The molecule has 3 rings (SSSR count). The summed E-state index contributed by atoms with van der Waals surface area (Å²) in [6.07, 6.45) is -0.883. The third kappa shape index (κ3) is 3.48. The summed E-state index contributed by atoms with van der Waals surface area (Å²) in [7, 11) is 0. The number of hydrogen-bond donors (Lipinski definition) is 0. The molecule has 5 heteroatoms. The maximum atomic E-state index is 13.3. The van der Waals surface area contributed by atoms with E-state index < -0.39 is 22.9 Å². The quantitative estimate of drug-likeness (QED) is 0.393. The Hall–Kier alpha value is -2.27. The fourth-order valence-corrected chi connectivity index (χ4v) is 3.90. The van der Waals surface area contributed by atoms with E-state index in [1.807, 2.05) is 30.3 Å². The van der Waals surface area contributed by atoms with Crippen molar-refractivity contribution in [2.24, 2.45) is 10.8 Å². The van der Waals surface area contributed by atoms with Crippen molar-refractivity contribution in [1.29, 1.82) is 0 Å². The summed E-state index contributed by atoms with van der Waals surface area (Å²) >= 11 is 3.33. The molecule has 2 atom stereocenters. The number of ether oxygens (including phenoxy) is 1. The molecule has 0 saturated carbocycles. The molecule has 2 aromatic carbocycles. The van der Waals surface area contributed by atoms with Gasteiger partial charge >= 0.3 is 5.97 Å². The number of carbonyl (C=O) groups excluding carboxylic acids is 3. The molecule has 0 aliphatic carbocycles. The molecular formula is C22H21BrO4. The second kappa shape index (κ2) is 7.04. The lowest BCUT2D eigenvalue weighted by atomic mass is 9.64. The largest absolute Gasteiger partial charge is 0.456 e. The summed E-state index contributed by atoms with van der Waals surface area (Å²) in [5, 5.41) is 0. The lowest BCUT2D eigenvalue weighted by molar-refractivity contribution is -0.187. The molecule has 1 aliphatic rings. The minimum absolute atomic E-state index is 0.211. The van der Waals surface area contributed by atoms with Crippen molar-refractivity contribution < 1.29 is 19.1 Å². The number of rotatable bonds is 4. The van der Waals surface area contributed by atoms with Crippen LogP contribution in [0.25, 0.3) is 0 Å². The SMILES string of the molecule is CC1(C)C(=O)[C@](C)(CC(=O)c2ccc(Br)cc2)C(=O)O[C@H]1c1ccccc1. The van der Waals surface area contributed by atoms with Crippen LogP contribution in [0.2, 0.25) is 0 Å². The van der Waals surface area contributed by atoms with Crippen molar-refractivity contribution in [3.8, 4) is 0 Å². The second-order valence-corrected chi connectivity index (χ2v) is 8.60. The van der Waals surface area contributed by atoms with Crippen molar-refractivity contribution in [1.82, 2.24) is 0 Å². The molecule has 140 valence electrons. The van der Waals surface area contributed by atoms with Crippen LogP contribution in [0.15, 0.2) is 59.1 Å². The highest BCUT2D eigenvalue weighted by atomic mass is 79.9. The maximum absolute atomic E-state index is 13.3. The predicted octanol–water partition coefficient (Wildman–Crippen LogP) is 4.92. The molecule has 0 spiro atoms. The lowest BCUT2D eigenvalue weighted by Crippen LogP contribution is -2.54. The van der Waals surface area contributed by atoms with Crippen LogP contribution in [0.3, 0.4) is 0 Å². The van der Waals surface area contributed by atoms with Gasteiger partial charge in [0.15, 0.2) is 11.6 Å². The molecule has 0 aromatic heterocycles. The van der Waals surface area contributed by atoms with E-state index in [0.29, 0.717) is 5.56 Å². The van der Waals surface area contributed by atoms with Gasteiger partial charge in [0.25, 0.3) is 0 Å². The van der Waals surface area contributed by atoms with Crippen molar-refractivity contribution in [2.75, 3.05) is 0 Å². The van der Waals surface area contributed by atoms with E-state index >= 15 is 0 Å². The molecule has 0 radical (unpaired) electrons. The molecule has 2 aromatic rings.